The lowest BCUT2D eigenvalue weighted by molar-refractivity contribution is 0.806. The van der Waals surface area contributed by atoms with Gasteiger partial charge in [0.05, 0.1) is 10.6 Å². The number of nitriles is 1. The Kier molecular flexibility index (Phi) is 3.62. The zero-order valence-corrected chi connectivity index (χ0v) is 11.9. The third kappa shape index (κ3) is 2.50. The fraction of sp³-hybridized carbons (Fsp3) is 0.235. The van der Waals surface area contributed by atoms with Gasteiger partial charge in [0, 0.05) is 18.8 Å². The highest BCUT2D eigenvalue weighted by Crippen LogP contribution is 2.25. The van der Waals surface area contributed by atoms with Gasteiger partial charge in [0.1, 0.15) is 6.07 Å². The molecule has 1 heterocycles. The highest BCUT2D eigenvalue weighted by Gasteiger charge is 2.14. The molecule has 0 fully saturated rings. The predicted octanol–water partition coefficient (Wildman–Crippen LogP) is 3.82. The maximum atomic E-state index is 8.93. The molecule has 0 bridgehead atoms. The van der Waals surface area contributed by atoms with Gasteiger partial charge in [-0.25, -0.2) is 0 Å². The second kappa shape index (κ2) is 5.56. The smallest absolute Gasteiger partial charge is 0.101 e. The first-order chi connectivity index (χ1) is 9.78. The molecule has 2 aromatic rings. The second-order valence-electron chi connectivity index (χ2n) is 5.03. The highest BCUT2D eigenvalue weighted by atomic mass is 35.5. The Morgan fingerprint density at radius 1 is 1.00 bits per heavy atom. The minimum absolute atomic E-state index is 0.534. The van der Waals surface area contributed by atoms with Crippen LogP contribution in [-0.4, -0.2) is 13.1 Å². The standard InChI is InChI=1S/C17H15ClN2/c18-17-11-16(6-5-15(17)12-19)20-9-7-13-3-1-2-4-14(13)8-10-20/h1-6,11H,7-10H2. The van der Waals surface area contributed by atoms with E-state index in [1.54, 1.807) is 6.07 Å². The quantitative estimate of drug-likeness (QED) is 0.795. The molecule has 1 aliphatic heterocycles. The van der Waals surface area contributed by atoms with Crippen molar-refractivity contribution in [3.63, 3.8) is 0 Å². The minimum atomic E-state index is 0.534. The maximum Gasteiger partial charge on any atom is 0.101 e. The van der Waals surface area contributed by atoms with Crippen molar-refractivity contribution in [1.29, 1.82) is 5.26 Å². The molecule has 1 aliphatic rings. The van der Waals surface area contributed by atoms with Gasteiger partial charge in [0.15, 0.2) is 0 Å². The van der Waals surface area contributed by atoms with Crippen LogP contribution < -0.4 is 4.90 Å². The van der Waals surface area contributed by atoms with E-state index in [2.05, 4.69) is 35.2 Å². The van der Waals surface area contributed by atoms with E-state index >= 15 is 0 Å². The van der Waals surface area contributed by atoms with Crippen LogP contribution >= 0.6 is 11.6 Å². The van der Waals surface area contributed by atoms with Crippen LogP contribution in [0.3, 0.4) is 0 Å². The lowest BCUT2D eigenvalue weighted by Crippen LogP contribution is -2.25. The number of anilines is 1. The lowest BCUT2D eigenvalue weighted by atomic mass is 10.0. The Morgan fingerprint density at radius 3 is 2.20 bits per heavy atom. The molecule has 20 heavy (non-hydrogen) atoms. The molecule has 0 aliphatic carbocycles. The van der Waals surface area contributed by atoms with Gasteiger partial charge in [0.25, 0.3) is 0 Å². The number of benzene rings is 2. The van der Waals surface area contributed by atoms with Crippen LogP contribution in [0.15, 0.2) is 42.5 Å². The van der Waals surface area contributed by atoms with Gasteiger partial charge in [-0.2, -0.15) is 5.26 Å². The van der Waals surface area contributed by atoms with Crippen LogP contribution in [0.5, 0.6) is 0 Å². The molecular weight excluding hydrogens is 268 g/mol. The molecule has 0 spiro atoms. The SMILES string of the molecule is N#Cc1ccc(N2CCc3ccccc3CC2)cc1Cl. The molecule has 0 saturated carbocycles. The average molecular weight is 283 g/mol. The Morgan fingerprint density at radius 2 is 1.65 bits per heavy atom. The van der Waals surface area contributed by atoms with Crippen molar-refractivity contribution in [1.82, 2.24) is 0 Å². The first kappa shape index (κ1) is 13.0. The summed E-state index contributed by atoms with van der Waals surface area (Å²) in [5.41, 5.74) is 4.51. The normalized spacial score (nSPS) is 14.3. The Hall–Kier alpha value is -1.98. The maximum absolute atomic E-state index is 8.93. The number of nitrogens with zero attached hydrogens (tertiary/aromatic N) is 2. The molecule has 3 rings (SSSR count). The van der Waals surface area contributed by atoms with E-state index in [9.17, 15) is 0 Å². The molecule has 0 aromatic heterocycles. The fourth-order valence-corrected chi connectivity index (χ4v) is 2.93. The summed E-state index contributed by atoms with van der Waals surface area (Å²) in [6.07, 6.45) is 2.10. The lowest BCUT2D eigenvalue weighted by Gasteiger charge is -2.23. The zero-order valence-electron chi connectivity index (χ0n) is 11.1. The topological polar surface area (TPSA) is 27.0 Å². The summed E-state index contributed by atoms with van der Waals surface area (Å²) in [5, 5.41) is 9.47. The molecule has 3 heteroatoms. The van der Waals surface area contributed by atoms with Gasteiger partial charge < -0.3 is 4.90 Å². The molecule has 0 amide bonds. The Bertz CT molecular complexity index is 646. The number of fused-ring (bicyclic) bond motifs is 1. The van der Waals surface area contributed by atoms with Crippen molar-refractivity contribution in [3.05, 3.63) is 64.2 Å². The van der Waals surface area contributed by atoms with Crippen LogP contribution in [0.4, 0.5) is 5.69 Å². The van der Waals surface area contributed by atoms with Crippen molar-refractivity contribution in [2.75, 3.05) is 18.0 Å². The summed E-state index contributed by atoms with van der Waals surface area (Å²) in [7, 11) is 0. The summed E-state index contributed by atoms with van der Waals surface area (Å²) >= 11 is 6.13. The van der Waals surface area contributed by atoms with Crippen molar-refractivity contribution in [2.45, 2.75) is 12.8 Å². The van der Waals surface area contributed by atoms with E-state index < -0.39 is 0 Å². The van der Waals surface area contributed by atoms with Gasteiger partial charge in [-0.15, -0.1) is 0 Å². The van der Waals surface area contributed by atoms with Gasteiger partial charge in [0.2, 0.25) is 0 Å². The molecule has 0 radical (unpaired) electrons. The largest absolute Gasteiger partial charge is 0.371 e. The molecule has 100 valence electrons. The van der Waals surface area contributed by atoms with Crippen LogP contribution in [0, 0.1) is 11.3 Å². The summed E-state index contributed by atoms with van der Waals surface area (Å²) in [6, 6.07) is 16.4. The van der Waals surface area contributed by atoms with E-state index in [1.165, 1.54) is 11.1 Å². The van der Waals surface area contributed by atoms with Crippen molar-refractivity contribution >= 4 is 17.3 Å². The van der Waals surface area contributed by atoms with Crippen molar-refractivity contribution in [3.8, 4) is 6.07 Å². The van der Waals surface area contributed by atoms with Crippen LogP contribution in [0.2, 0.25) is 5.02 Å². The molecule has 0 unspecified atom stereocenters. The predicted molar refractivity (Wildman–Crippen MR) is 82.2 cm³/mol. The first-order valence-electron chi connectivity index (χ1n) is 6.79. The third-order valence-corrected chi connectivity index (χ3v) is 4.17. The van der Waals surface area contributed by atoms with E-state index in [4.69, 9.17) is 16.9 Å². The first-order valence-corrected chi connectivity index (χ1v) is 7.17. The highest BCUT2D eigenvalue weighted by molar-refractivity contribution is 6.32. The molecule has 0 atom stereocenters. The van der Waals surface area contributed by atoms with E-state index in [0.29, 0.717) is 10.6 Å². The van der Waals surface area contributed by atoms with Crippen molar-refractivity contribution in [2.24, 2.45) is 0 Å². The van der Waals surface area contributed by atoms with Gasteiger partial charge >= 0.3 is 0 Å². The molecule has 2 aromatic carbocycles. The molecular formula is C17H15ClN2. The van der Waals surface area contributed by atoms with Crippen LogP contribution in [-0.2, 0) is 12.8 Å². The number of hydrogen-bond acceptors (Lipinski definition) is 2. The summed E-state index contributed by atoms with van der Waals surface area (Å²) in [4.78, 5) is 2.34. The summed E-state index contributed by atoms with van der Waals surface area (Å²) < 4.78 is 0. The average Bonchev–Trinajstić information content (AvgIpc) is 2.70. The third-order valence-electron chi connectivity index (χ3n) is 3.86. The minimum Gasteiger partial charge on any atom is -0.371 e. The van der Waals surface area contributed by atoms with Crippen LogP contribution in [0.25, 0.3) is 0 Å². The molecule has 0 N–H and O–H groups in total. The van der Waals surface area contributed by atoms with Gasteiger partial charge in [-0.05, 0) is 42.2 Å². The Labute approximate surface area is 124 Å². The monoisotopic (exact) mass is 282 g/mol. The van der Waals surface area contributed by atoms with Gasteiger partial charge in [-0.1, -0.05) is 35.9 Å². The van der Waals surface area contributed by atoms with Crippen LogP contribution in [0.1, 0.15) is 16.7 Å². The zero-order chi connectivity index (χ0) is 13.9. The van der Waals surface area contributed by atoms with Crippen molar-refractivity contribution < 1.29 is 0 Å². The second-order valence-corrected chi connectivity index (χ2v) is 5.44. The molecule has 0 saturated heterocycles. The Balaban J connectivity index is 1.84. The van der Waals surface area contributed by atoms with E-state index in [1.807, 2.05) is 12.1 Å². The molecule has 2 nitrogen and oxygen atoms in total. The van der Waals surface area contributed by atoms with E-state index in [-0.39, 0.29) is 0 Å². The fourth-order valence-electron chi connectivity index (χ4n) is 2.72. The number of hydrogen-bond donors (Lipinski definition) is 0. The number of halogens is 1. The van der Waals surface area contributed by atoms with Gasteiger partial charge in [-0.3, -0.25) is 0 Å². The summed E-state index contributed by atoms with van der Waals surface area (Å²) in [5.74, 6) is 0. The van der Waals surface area contributed by atoms with E-state index in [0.717, 1.165) is 31.6 Å². The summed E-state index contributed by atoms with van der Waals surface area (Å²) in [6.45, 7) is 1.97. The number of rotatable bonds is 1.